The molecule has 0 spiro atoms. The van der Waals surface area contributed by atoms with Gasteiger partial charge in [-0.3, -0.25) is 4.79 Å². The van der Waals surface area contributed by atoms with E-state index in [0.29, 0.717) is 11.5 Å². The van der Waals surface area contributed by atoms with E-state index >= 15 is 0 Å². The Balaban J connectivity index is 1.71. The van der Waals surface area contributed by atoms with E-state index in [2.05, 4.69) is 15.1 Å². The van der Waals surface area contributed by atoms with Crippen LogP contribution in [-0.2, 0) is 17.1 Å². The zero-order valence-corrected chi connectivity index (χ0v) is 21.6. The quantitative estimate of drug-likeness (QED) is 0.417. The zero-order chi connectivity index (χ0) is 27.1. The van der Waals surface area contributed by atoms with Gasteiger partial charge in [0.25, 0.3) is 5.91 Å². The van der Waals surface area contributed by atoms with Crippen molar-refractivity contribution in [1.29, 1.82) is 0 Å². The minimum Gasteiger partial charge on any atom is -0.476 e. The summed E-state index contributed by atoms with van der Waals surface area (Å²) in [6.07, 6.45) is 0. The van der Waals surface area contributed by atoms with E-state index < -0.39 is 27.4 Å². The molecule has 2 heterocycles. The van der Waals surface area contributed by atoms with Crippen molar-refractivity contribution in [2.24, 2.45) is 7.05 Å². The fraction of sp³-hybridized carbons (Fsp3) is 0.292. The molecule has 4 rings (SSSR count). The van der Waals surface area contributed by atoms with Crippen LogP contribution in [0.5, 0.6) is 23.1 Å². The van der Waals surface area contributed by atoms with Gasteiger partial charge in [-0.25, -0.2) is 22.6 Å². The predicted octanol–water partition coefficient (Wildman–Crippen LogP) is 3.28. The van der Waals surface area contributed by atoms with Gasteiger partial charge in [-0.1, -0.05) is 0 Å². The van der Waals surface area contributed by atoms with Gasteiger partial charge < -0.3 is 24.6 Å². The molecular weight excluding hydrogens is 504 g/mol. The predicted molar refractivity (Wildman–Crippen MR) is 132 cm³/mol. The first kappa shape index (κ1) is 26.0. The maximum absolute atomic E-state index is 13.3. The van der Waals surface area contributed by atoms with Gasteiger partial charge in [0, 0.05) is 29.4 Å². The first-order valence-corrected chi connectivity index (χ1v) is 12.6. The van der Waals surface area contributed by atoms with Gasteiger partial charge in [-0.15, -0.1) is 0 Å². The highest BCUT2D eigenvalue weighted by atomic mass is 32.2. The van der Waals surface area contributed by atoms with Crippen molar-refractivity contribution < 1.29 is 37.3 Å². The summed E-state index contributed by atoms with van der Waals surface area (Å²) in [5.41, 5.74) is -0.337. The molecule has 2 aromatic carbocycles. The van der Waals surface area contributed by atoms with Crippen LogP contribution in [0.2, 0.25) is 0 Å². The summed E-state index contributed by atoms with van der Waals surface area (Å²) in [6, 6.07) is 8.81. The fourth-order valence-electron chi connectivity index (χ4n) is 3.64. The lowest BCUT2D eigenvalue weighted by atomic mass is 10.1. The molecule has 0 saturated carbocycles. The summed E-state index contributed by atoms with van der Waals surface area (Å²) in [4.78, 5) is 24.1. The number of carbonyl (C=O) groups is 2. The third-order valence-corrected chi connectivity index (χ3v) is 6.97. The van der Waals surface area contributed by atoms with Gasteiger partial charge in [0.2, 0.25) is 22.7 Å². The highest BCUT2D eigenvalue weighted by molar-refractivity contribution is 7.89. The molecule has 0 fully saturated rings. The molecule has 1 aliphatic rings. The Kier molecular flexibility index (Phi) is 6.60. The average molecular weight is 531 g/mol. The molecule has 3 aromatic rings. The number of amides is 1. The maximum atomic E-state index is 13.3. The molecule has 3 N–H and O–H groups in total. The van der Waals surface area contributed by atoms with Crippen molar-refractivity contribution in [3.8, 4) is 23.1 Å². The molecule has 13 heteroatoms. The molecule has 0 atom stereocenters. The number of fused-ring (bicyclic) bond motifs is 1. The van der Waals surface area contributed by atoms with Crippen LogP contribution in [0.25, 0.3) is 0 Å². The molecule has 1 amide bonds. The van der Waals surface area contributed by atoms with Gasteiger partial charge in [0.05, 0.1) is 0 Å². The number of anilines is 1. The molecule has 196 valence electrons. The number of carboxylic acid groups (broad SMARTS) is 1. The number of aromatic nitrogens is 2. The number of carboxylic acids is 1. The molecule has 0 bridgehead atoms. The number of benzene rings is 2. The number of aromatic carboxylic acids is 1. The van der Waals surface area contributed by atoms with Crippen LogP contribution in [0, 0.1) is 6.92 Å². The Bertz CT molecular complexity index is 1510. The molecule has 0 radical (unpaired) electrons. The second kappa shape index (κ2) is 9.41. The lowest BCUT2D eigenvalue weighted by Gasteiger charge is -2.22. The number of ether oxygens (including phenoxy) is 3. The Morgan fingerprint density at radius 1 is 1.11 bits per heavy atom. The minimum absolute atomic E-state index is 0.0572. The number of nitrogens with zero attached hydrogens (tertiary/aromatic N) is 2. The molecule has 12 nitrogen and oxygen atoms in total. The van der Waals surface area contributed by atoms with Crippen LogP contribution >= 0.6 is 0 Å². The normalized spacial score (nSPS) is 12.9. The maximum Gasteiger partial charge on any atom is 0.356 e. The number of rotatable bonds is 7. The van der Waals surface area contributed by atoms with E-state index in [1.54, 1.807) is 32.9 Å². The summed E-state index contributed by atoms with van der Waals surface area (Å²) >= 11 is 0. The largest absolute Gasteiger partial charge is 0.476 e. The summed E-state index contributed by atoms with van der Waals surface area (Å²) < 4.78 is 46.9. The Hall–Kier alpha value is -4.10. The van der Waals surface area contributed by atoms with Gasteiger partial charge in [-0.05, 0) is 64.1 Å². The van der Waals surface area contributed by atoms with Gasteiger partial charge in [0.1, 0.15) is 10.6 Å². The number of hydrogen-bond acceptors (Lipinski definition) is 8. The molecule has 0 saturated heterocycles. The van der Waals surface area contributed by atoms with E-state index in [0.717, 1.165) is 0 Å². The summed E-state index contributed by atoms with van der Waals surface area (Å²) in [6.45, 7) is 6.61. The van der Waals surface area contributed by atoms with Crippen LogP contribution in [0.1, 0.15) is 47.2 Å². The van der Waals surface area contributed by atoms with Crippen LogP contribution in [0.15, 0.2) is 41.3 Å². The molecular formula is C24H26N4O8S. The Morgan fingerprint density at radius 2 is 1.81 bits per heavy atom. The molecule has 1 aliphatic heterocycles. The summed E-state index contributed by atoms with van der Waals surface area (Å²) in [5, 5.41) is 16.0. The number of carbonyl (C=O) groups excluding carboxylic acids is 1. The molecule has 37 heavy (non-hydrogen) atoms. The monoisotopic (exact) mass is 530 g/mol. The second-order valence-corrected chi connectivity index (χ2v) is 11.0. The third-order valence-electron chi connectivity index (χ3n) is 5.20. The van der Waals surface area contributed by atoms with Gasteiger partial charge >= 0.3 is 5.97 Å². The zero-order valence-electron chi connectivity index (χ0n) is 20.8. The fourth-order valence-corrected chi connectivity index (χ4v) is 5.22. The van der Waals surface area contributed by atoms with Crippen molar-refractivity contribution in [2.45, 2.75) is 38.1 Å². The smallest absolute Gasteiger partial charge is 0.356 e. The highest BCUT2D eigenvalue weighted by Crippen LogP contribution is 2.35. The van der Waals surface area contributed by atoms with Crippen LogP contribution in [0.3, 0.4) is 0 Å². The molecule has 1 aromatic heterocycles. The van der Waals surface area contributed by atoms with E-state index in [9.17, 15) is 23.1 Å². The van der Waals surface area contributed by atoms with Crippen LogP contribution in [0.4, 0.5) is 5.69 Å². The second-order valence-electron chi connectivity index (χ2n) is 9.35. The van der Waals surface area contributed by atoms with E-state index in [-0.39, 0.29) is 45.8 Å². The SMILES string of the molecule is Cc1c(C(=O)O)nn(C)c1Oc1ccc(NC(=O)c2ccc3c(c2)OCO3)cc1S(=O)(=O)NC(C)(C)C. The van der Waals surface area contributed by atoms with Crippen molar-refractivity contribution in [3.05, 3.63) is 53.2 Å². The topological polar surface area (TPSA) is 158 Å². The highest BCUT2D eigenvalue weighted by Gasteiger charge is 2.28. The van der Waals surface area contributed by atoms with E-state index in [1.807, 2.05) is 0 Å². The Labute approximate surface area is 213 Å². The number of aryl methyl sites for hydroxylation is 1. The van der Waals surface area contributed by atoms with Gasteiger partial charge in [-0.2, -0.15) is 5.10 Å². The van der Waals surface area contributed by atoms with Crippen LogP contribution in [-0.4, -0.2) is 47.5 Å². The lowest BCUT2D eigenvalue weighted by Crippen LogP contribution is -2.40. The summed E-state index contributed by atoms with van der Waals surface area (Å²) in [7, 11) is -2.66. The third kappa shape index (κ3) is 5.52. The Morgan fingerprint density at radius 3 is 2.46 bits per heavy atom. The van der Waals surface area contributed by atoms with Crippen molar-refractivity contribution in [2.75, 3.05) is 12.1 Å². The number of sulfonamides is 1. The first-order chi connectivity index (χ1) is 17.2. The van der Waals surface area contributed by atoms with Crippen LogP contribution < -0.4 is 24.2 Å². The van der Waals surface area contributed by atoms with E-state index in [1.165, 1.54) is 42.9 Å². The summed E-state index contributed by atoms with van der Waals surface area (Å²) in [5.74, 6) is -0.806. The van der Waals surface area contributed by atoms with Gasteiger partial charge in [0.15, 0.2) is 17.2 Å². The number of nitrogens with one attached hydrogen (secondary N) is 2. The molecule has 0 aliphatic carbocycles. The minimum atomic E-state index is -4.14. The first-order valence-electron chi connectivity index (χ1n) is 11.1. The van der Waals surface area contributed by atoms with Crippen molar-refractivity contribution >= 4 is 27.6 Å². The average Bonchev–Trinajstić information content (AvgIpc) is 3.37. The number of hydrogen-bond donors (Lipinski definition) is 3. The standard InChI is InChI=1S/C24H26N4O8S/c1-13-20(23(30)31)26-28(5)22(13)36-17-9-7-15(11-19(17)37(32,33)27-24(2,3)4)25-21(29)14-6-8-16-18(10-14)35-12-34-16/h6-11,27H,12H2,1-5H3,(H,25,29)(H,30,31). The lowest BCUT2D eigenvalue weighted by molar-refractivity contribution is 0.0688. The van der Waals surface area contributed by atoms with Crippen molar-refractivity contribution in [3.63, 3.8) is 0 Å². The molecule has 0 unspecified atom stereocenters. The van der Waals surface area contributed by atoms with Crippen molar-refractivity contribution in [1.82, 2.24) is 14.5 Å². The van der Waals surface area contributed by atoms with E-state index in [4.69, 9.17) is 14.2 Å².